The van der Waals surface area contributed by atoms with E-state index < -0.39 is 10.0 Å². The third-order valence-corrected chi connectivity index (χ3v) is 6.61. The summed E-state index contributed by atoms with van der Waals surface area (Å²) < 4.78 is 32.3. The van der Waals surface area contributed by atoms with Gasteiger partial charge < -0.3 is 4.74 Å². The van der Waals surface area contributed by atoms with Crippen LogP contribution < -0.4 is 0 Å². The number of piperidine rings is 1. The van der Waals surface area contributed by atoms with Gasteiger partial charge in [-0.15, -0.1) is 0 Å². The summed E-state index contributed by atoms with van der Waals surface area (Å²) in [6, 6.07) is 4.69. The third-order valence-electron chi connectivity index (χ3n) is 3.50. The van der Waals surface area contributed by atoms with Crippen LogP contribution in [0.1, 0.15) is 12.8 Å². The van der Waals surface area contributed by atoms with Crippen LogP contribution in [0.5, 0.6) is 0 Å². The molecule has 0 aliphatic carbocycles. The Morgan fingerprint density at radius 3 is 2.60 bits per heavy atom. The first-order valence-corrected chi connectivity index (χ1v) is 9.00. The molecule has 0 bridgehead atoms. The highest BCUT2D eigenvalue weighted by Crippen LogP contribution is 2.29. The minimum atomic E-state index is -3.44. The molecule has 1 aliphatic rings. The van der Waals surface area contributed by atoms with E-state index in [-0.39, 0.29) is 4.90 Å². The molecule has 0 aromatic heterocycles. The molecule has 1 fully saturated rings. The lowest BCUT2D eigenvalue weighted by Crippen LogP contribution is -2.39. The number of benzene rings is 1. The van der Waals surface area contributed by atoms with Gasteiger partial charge >= 0.3 is 0 Å². The van der Waals surface area contributed by atoms with E-state index in [1.54, 1.807) is 25.3 Å². The van der Waals surface area contributed by atoms with Crippen molar-refractivity contribution in [3.63, 3.8) is 0 Å². The fourth-order valence-corrected chi connectivity index (χ4v) is 4.48. The lowest BCUT2D eigenvalue weighted by atomic mass is 9.99. The van der Waals surface area contributed by atoms with E-state index in [9.17, 15) is 8.42 Å². The maximum Gasteiger partial charge on any atom is 0.243 e. The fraction of sp³-hybridized carbons (Fsp3) is 0.538. The van der Waals surface area contributed by atoms with Gasteiger partial charge in [0.1, 0.15) is 0 Å². The molecule has 0 atom stereocenters. The number of ether oxygens (including phenoxy) is 1. The number of rotatable bonds is 4. The van der Waals surface area contributed by atoms with Gasteiger partial charge in [0.25, 0.3) is 0 Å². The van der Waals surface area contributed by atoms with Crippen LogP contribution in [0, 0.1) is 5.92 Å². The van der Waals surface area contributed by atoms with Crippen LogP contribution in [0.4, 0.5) is 0 Å². The predicted octanol–water partition coefficient (Wildman–Crippen LogP) is 3.15. The van der Waals surface area contributed by atoms with Crippen LogP contribution >= 0.6 is 27.5 Å². The minimum Gasteiger partial charge on any atom is -0.384 e. The van der Waals surface area contributed by atoms with E-state index in [4.69, 9.17) is 16.3 Å². The molecule has 0 spiro atoms. The van der Waals surface area contributed by atoms with Crippen LogP contribution in [0.2, 0.25) is 5.02 Å². The Balaban J connectivity index is 2.13. The quantitative estimate of drug-likeness (QED) is 0.803. The normalized spacial score (nSPS) is 18.4. The summed E-state index contributed by atoms with van der Waals surface area (Å²) in [4.78, 5) is 0.277. The zero-order valence-corrected chi connectivity index (χ0v) is 14.3. The van der Waals surface area contributed by atoms with Crippen molar-refractivity contribution < 1.29 is 13.2 Å². The Morgan fingerprint density at radius 1 is 1.40 bits per heavy atom. The molecule has 1 aromatic rings. The highest BCUT2D eigenvalue weighted by atomic mass is 79.9. The Bertz CT molecular complexity index is 571. The number of sulfonamides is 1. The average Bonchev–Trinajstić information content (AvgIpc) is 2.43. The first kappa shape index (κ1) is 16.2. The van der Waals surface area contributed by atoms with Crippen molar-refractivity contribution in [1.29, 1.82) is 0 Å². The molecule has 0 N–H and O–H groups in total. The minimum absolute atomic E-state index is 0.277. The van der Waals surface area contributed by atoms with Crippen LogP contribution in [0.15, 0.2) is 27.6 Å². The molecule has 4 nitrogen and oxygen atoms in total. The second kappa shape index (κ2) is 6.75. The highest BCUT2D eigenvalue weighted by molar-refractivity contribution is 9.10. The van der Waals surface area contributed by atoms with E-state index >= 15 is 0 Å². The first-order valence-electron chi connectivity index (χ1n) is 6.39. The molecule has 1 aliphatic heterocycles. The molecule has 0 radical (unpaired) electrons. The zero-order valence-electron chi connectivity index (χ0n) is 11.2. The molecule has 0 unspecified atom stereocenters. The number of nitrogens with zero attached hydrogens (tertiary/aromatic N) is 1. The van der Waals surface area contributed by atoms with Crippen molar-refractivity contribution in [2.24, 2.45) is 5.92 Å². The number of hydrogen-bond donors (Lipinski definition) is 0. The van der Waals surface area contributed by atoms with Gasteiger partial charge in [-0.3, -0.25) is 0 Å². The van der Waals surface area contributed by atoms with E-state index in [1.165, 1.54) is 4.31 Å². The van der Waals surface area contributed by atoms with E-state index in [1.807, 2.05) is 0 Å². The summed E-state index contributed by atoms with van der Waals surface area (Å²) in [6.45, 7) is 1.77. The standard InChI is InChI=1S/C13H17BrClNO3S/c1-19-9-10-4-6-16(7-5-10)20(17,18)11-2-3-13(15)12(14)8-11/h2-3,8,10H,4-7,9H2,1H3. The average molecular weight is 383 g/mol. The Kier molecular flexibility index (Phi) is 5.48. The fourth-order valence-electron chi connectivity index (χ4n) is 2.34. The number of halogens is 2. The van der Waals surface area contributed by atoms with Gasteiger partial charge in [0.05, 0.1) is 9.92 Å². The Hall–Kier alpha value is -0.140. The SMILES string of the molecule is COCC1CCN(S(=O)(=O)c2ccc(Cl)c(Br)c2)CC1. The van der Waals surface area contributed by atoms with Crippen molar-refractivity contribution >= 4 is 37.6 Å². The molecule has 7 heteroatoms. The van der Waals surface area contributed by atoms with Crippen LogP contribution in [0.25, 0.3) is 0 Å². The molecule has 1 saturated heterocycles. The molecule has 1 heterocycles. The lowest BCUT2D eigenvalue weighted by Gasteiger charge is -2.30. The van der Waals surface area contributed by atoms with Gasteiger partial charge in [-0.1, -0.05) is 11.6 Å². The second-order valence-corrected chi connectivity index (χ2v) is 8.08. The van der Waals surface area contributed by atoms with E-state index in [0.717, 1.165) is 12.8 Å². The van der Waals surface area contributed by atoms with Crippen LogP contribution in [0.3, 0.4) is 0 Å². The molecular weight excluding hydrogens is 366 g/mol. The van der Waals surface area contributed by atoms with Gasteiger partial charge in [-0.05, 0) is 52.9 Å². The van der Waals surface area contributed by atoms with Gasteiger partial charge in [0.2, 0.25) is 10.0 Å². The summed E-state index contributed by atoms with van der Waals surface area (Å²) >= 11 is 9.16. The first-order chi connectivity index (χ1) is 9.45. The summed E-state index contributed by atoms with van der Waals surface area (Å²) in [5.74, 6) is 0.448. The topological polar surface area (TPSA) is 46.6 Å². The number of hydrogen-bond acceptors (Lipinski definition) is 3. The lowest BCUT2D eigenvalue weighted by molar-refractivity contribution is 0.121. The van der Waals surface area contributed by atoms with Crippen molar-refractivity contribution in [3.8, 4) is 0 Å². The molecular formula is C13H17BrClNO3S. The van der Waals surface area contributed by atoms with E-state index in [0.29, 0.717) is 35.1 Å². The molecule has 0 saturated carbocycles. The summed E-state index contributed by atoms with van der Waals surface area (Å²) in [7, 11) is -1.76. The monoisotopic (exact) mass is 381 g/mol. The van der Waals surface area contributed by atoms with Gasteiger partial charge in [0, 0.05) is 31.3 Å². The van der Waals surface area contributed by atoms with Gasteiger partial charge in [0.15, 0.2) is 0 Å². The van der Waals surface area contributed by atoms with Crippen LogP contribution in [-0.4, -0.2) is 39.5 Å². The molecule has 0 amide bonds. The maximum atomic E-state index is 12.5. The van der Waals surface area contributed by atoms with Crippen molar-refractivity contribution in [2.75, 3.05) is 26.8 Å². The smallest absolute Gasteiger partial charge is 0.243 e. The molecule has 2 rings (SSSR count). The summed E-state index contributed by atoms with van der Waals surface area (Å²) in [6.07, 6.45) is 1.67. The summed E-state index contributed by atoms with van der Waals surface area (Å²) in [5.41, 5.74) is 0. The van der Waals surface area contributed by atoms with Crippen LogP contribution in [-0.2, 0) is 14.8 Å². The largest absolute Gasteiger partial charge is 0.384 e. The van der Waals surface area contributed by atoms with E-state index in [2.05, 4.69) is 15.9 Å². The second-order valence-electron chi connectivity index (χ2n) is 4.88. The summed E-state index contributed by atoms with van der Waals surface area (Å²) in [5, 5.41) is 0.503. The molecule has 1 aromatic carbocycles. The van der Waals surface area contributed by atoms with Crippen molar-refractivity contribution in [1.82, 2.24) is 4.31 Å². The van der Waals surface area contributed by atoms with Gasteiger partial charge in [-0.25, -0.2) is 8.42 Å². The maximum absolute atomic E-state index is 12.5. The zero-order chi connectivity index (χ0) is 14.8. The highest BCUT2D eigenvalue weighted by Gasteiger charge is 2.29. The number of methoxy groups -OCH3 is 1. The Labute approximate surface area is 133 Å². The third kappa shape index (κ3) is 3.54. The van der Waals surface area contributed by atoms with Crippen molar-refractivity contribution in [2.45, 2.75) is 17.7 Å². The predicted molar refractivity (Wildman–Crippen MR) is 82.5 cm³/mol. The Morgan fingerprint density at radius 2 is 2.05 bits per heavy atom. The van der Waals surface area contributed by atoms with Crippen molar-refractivity contribution in [3.05, 3.63) is 27.7 Å². The molecule has 20 heavy (non-hydrogen) atoms. The van der Waals surface area contributed by atoms with Gasteiger partial charge in [-0.2, -0.15) is 4.31 Å². The molecule has 112 valence electrons.